The lowest BCUT2D eigenvalue weighted by atomic mass is 10.2. The summed E-state index contributed by atoms with van der Waals surface area (Å²) in [6, 6.07) is 10.6. The number of carbonyl (C=O) groups is 1. The molecular weight excluding hydrogens is 282 g/mol. The van der Waals surface area contributed by atoms with Crippen LogP contribution < -0.4 is 14.9 Å². The average Bonchev–Trinajstić information content (AvgIpc) is 2.59. The number of hydrazone groups is 1. The third kappa shape index (κ3) is 4.59. The second-order valence-corrected chi connectivity index (χ2v) is 4.43. The highest BCUT2D eigenvalue weighted by atomic mass is 16.5. The molecule has 1 N–H and O–H groups in total. The molecule has 0 bridgehead atoms. The molecule has 1 aromatic heterocycles. The molecule has 2 rings (SSSR count). The van der Waals surface area contributed by atoms with Crippen LogP contribution in [0.2, 0.25) is 0 Å². The number of nitrogens with one attached hydrogen (secondary N) is 1. The van der Waals surface area contributed by atoms with E-state index in [0.29, 0.717) is 11.5 Å². The minimum Gasteiger partial charge on any atom is -0.497 e. The Hall–Kier alpha value is -2.89. The Morgan fingerprint density at radius 2 is 1.77 bits per heavy atom. The van der Waals surface area contributed by atoms with E-state index in [0.717, 1.165) is 11.3 Å². The smallest absolute Gasteiger partial charge is 0.277 e. The normalized spacial score (nSPS) is 10.9. The molecule has 0 saturated carbocycles. The first-order chi connectivity index (χ1) is 10.7. The van der Waals surface area contributed by atoms with E-state index in [4.69, 9.17) is 9.47 Å². The van der Waals surface area contributed by atoms with Gasteiger partial charge in [0.2, 0.25) is 0 Å². The van der Waals surface area contributed by atoms with Gasteiger partial charge in [0.05, 0.1) is 12.8 Å². The summed E-state index contributed by atoms with van der Waals surface area (Å²) < 4.78 is 10.4. The van der Waals surface area contributed by atoms with Gasteiger partial charge < -0.3 is 9.47 Å². The predicted molar refractivity (Wildman–Crippen MR) is 83.1 cm³/mol. The number of ether oxygens (including phenoxy) is 2. The van der Waals surface area contributed by atoms with Crippen molar-refractivity contribution < 1.29 is 14.3 Å². The zero-order valence-electron chi connectivity index (χ0n) is 12.4. The molecule has 2 aromatic rings. The maximum absolute atomic E-state index is 11.7. The van der Waals surface area contributed by atoms with Gasteiger partial charge in [-0.05, 0) is 43.3 Å². The van der Waals surface area contributed by atoms with E-state index in [1.165, 1.54) is 0 Å². The first kappa shape index (κ1) is 15.5. The zero-order valence-corrected chi connectivity index (χ0v) is 12.4. The van der Waals surface area contributed by atoms with Gasteiger partial charge in [-0.15, -0.1) is 0 Å². The fourth-order valence-corrected chi connectivity index (χ4v) is 1.66. The third-order valence-electron chi connectivity index (χ3n) is 2.88. The molecule has 0 aliphatic carbocycles. The van der Waals surface area contributed by atoms with Crippen molar-refractivity contribution >= 4 is 11.6 Å². The second-order valence-electron chi connectivity index (χ2n) is 4.43. The van der Waals surface area contributed by atoms with Gasteiger partial charge in [-0.25, -0.2) is 5.43 Å². The minimum atomic E-state index is -0.329. The average molecular weight is 299 g/mol. The molecule has 0 unspecified atom stereocenters. The van der Waals surface area contributed by atoms with Crippen molar-refractivity contribution in [1.29, 1.82) is 0 Å². The predicted octanol–water partition coefficient (Wildman–Crippen LogP) is 2.01. The molecule has 1 aromatic carbocycles. The molecule has 6 nitrogen and oxygen atoms in total. The molecular formula is C16H17N3O3. The number of rotatable bonds is 6. The van der Waals surface area contributed by atoms with Crippen LogP contribution in [0, 0.1) is 0 Å². The standard InChI is InChI=1S/C16H17N3O3/c1-12(13-7-9-17-10-8-13)18-19-16(20)11-22-15-5-3-14(21-2)4-6-15/h3-10H,11H2,1-2H3,(H,19,20)/b18-12+. The van der Waals surface area contributed by atoms with E-state index >= 15 is 0 Å². The van der Waals surface area contributed by atoms with Crippen molar-refractivity contribution in [3.63, 3.8) is 0 Å². The lowest BCUT2D eigenvalue weighted by Gasteiger charge is -2.06. The Morgan fingerprint density at radius 1 is 1.14 bits per heavy atom. The molecule has 0 saturated heterocycles. The van der Waals surface area contributed by atoms with Gasteiger partial charge in [-0.1, -0.05) is 0 Å². The molecule has 0 spiro atoms. The number of aromatic nitrogens is 1. The number of methoxy groups -OCH3 is 1. The van der Waals surface area contributed by atoms with Gasteiger partial charge in [0.15, 0.2) is 6.61 Å². The SMILES string of the molecule is COc1ccc(OCC(=O)N/N=C(\C)c2ccncc2)cc1. The van der Waals surface area contributed by atoms with E-state index in [2.05, 4.69) is 15.5 Å². The fourth-order valence-electron chi connectivity index (χ4n) is 1.66. The molecule has 22 heavy (non-hydrogen) atoms. The topological polar surface area (TPSA) is 72.8 Å². The van der Waals surface area contributed by atoms with Gasteiger partial charge in [-0.3, -0.25) is 9.78 Å². The molecule has 0 fully saturated rings. The summed E-state index contributed by atoms with van der Waals surface area (Å²) in [6.45, 7) is 1.69. The summed E-state index contributed by atoms with van der Waals surface area (Å²) in [4.78, 5) is 15.6. The quantitative estimate of drug-likeness (QED) is 0.654. The number of carbonyl (C=O) groups excluding carboxylic acids is 1. The Morgan fingerprint density at radius 3 is 2.41 bits per heavy atom. The van der Waals surface area contributed by atoms with Gasteiger partial charge >= 0.3 is 0 Å². The Bertz CT molecular complexity index is 639. The number of hydrogen-bond acceptors (Lipinski definition) is 5. The van der Waals surface area contributed by atoms with Crippen molar-refractivity contribution in [3.05, 3.63) is 54.4 Å². The lowest BCUT2D eigenvalue weighted by molar-refractivity contribution is -0.123. The zero-order chi connectivity index (χ0) is 15.8. The van der Waals surface area contributed by atoms with E-state index in [9.17, 15) is 4.79 Å². The molecule has 6 heteroatoms. The Kier molecular flexibility index (Phi) is 5.48. The molecule has 0 radical (unpaired) electrons. The highest BCUT2D eigenvalue weighted by molar-refractivity contribution is 5.99. The third-order valence-corrected chi connectivity index (χ3v) is 2.88. The van der Waals surface area contributed by atoms with Crippen molar-refractivity contribution in [2.24, 2.45) is 5.10 Å². The Balaban J connectivity index is 1.82. The number of nitrogens with zero attached hydrogens (tertiary/aromatic N) is 2. The maximum atomic E-state index is 11.7. The summed E-state index contributed by atoms with van der Waals surface area (Å²) in [5.41, 5.74) is 4.04. The highest BCUT2D eigenvalue weighted by Gasteiger charge is 2.03. The number of pyridine rings is 1. The largest absolute Gasteiger partial charge is 0.497 e. The van der Waals surface area contributed by atoms with E-state index in [1.807, 2.05) is 12.1 Å². The van der Waals surface area contributed by atoms with Gasteiger partial charge in [0, 0.05) is 18.0 Å². The summed E-state index contributed by atoms with van der Waals surface area (Å²) in [6.07, 6.45) is 3.34. The van der Waals surface area contributed by atoms with Crippen LogP contribution in [0.15, 0.2) is 53.9 Å². The van der Waals surface area contributed by atoms with E-state index in [-0.39, 0.29) is 12.5 Å². The highest BCUT2D eigenvalue weighted by Crippen LogP contribution is 2.16. The van der Waals surface area contributed by atoms with Gasteiger partial charge in [0.1, 0.15) is 11.5 Å². The summed E-state index contributed by atoms with van der Waals surface area (Å²) in [7, 11) is 1.59. The van der Waals surface area contributed by atoms with Crippen LogP contribution in [0.25, 0.3) is 0 Å². The van der Waals surface area contributed by atoms with Gasteiger partial charge in [-0.2, -0.15) is 5.10 Å². The van der Waals surface area contributed by atoms with Crippen LogP contribution >= 0.6 is 0 Å². The van der Waals surface area contributed by atoms with Crippen molar-refractivity contribution in [2.75, 3.05) is 13.7 Å². The monoisotopic (exact) mass is 299 g/mol. The number of hydrogen-bond donors (Lipinski definition) is 1. The van der Waals surface area contributed by atoms with Crippen LogP contribution in [0.4, 0.5) is 0 Å². The molecule has 1 amide bonds. The van der Waals surface area contributed by atoms with Crippen molar-refractivity contribution in [3.8, 4) is 11.5 Å². The molecule has 0 aliphatic rings. The summed E-state index contributed by atoms with van der Waals surface area (Å²) in [5, 5.41) is 4.02. The van der Waals surface area contributed by atoms with Crippen LogP contribution in [0.1, 0.15) is 12.5 Å². The van der Waals surface area contributed by atoms with Crippen LogP contribution in [-0.2, 0) is 4.79 Å². The molecule has 114 valence electrons. The van der Waals surface area contributed by atoms with Crippen LogP contribution in [-0.4, -0.2) is 30.3 Å². The summed E-state index contributed by atoms with van der Waals surface area (Å²) >= 11 is 0. The van der Waals surface area contributed by atoms with E-state index < -0.39 is 0 Å². The van der Waals surface area contributed by atoms with Crippen LogP contribution in [0.3, 0.4) is 0 Å². The van der Waals surface area contributed by atoms with E-state index in [1.54, 1.807) is 50.7 Å². The number of benzene rings is 1. The fraction of sp³-hybridized carbons (Fsp3) is 0.188. The molecule has 0 aliphatic heterocycles. The van der Waals surface area contributed by atoms with Gasteiger partial charge in [0.25, 0.3) is 5.91 Å². The summed E-state index contributed by atoms with van der Waals surface area (Å²) in [5.74, 6) is 0.990. The molecule has 0 atom stereocenters. The Labute approximate surface area is 128 Å². The lowest BCUT2D eigenvalue weighted by Crippen LogP contribution is -2.25. The first-order valence-corrected chi connectivity index (χ1v) is 6.69. The second kappa shape index (κ2) is 7.78. The van der Waals surface area contributed by atoms with Crippen molar-refractivity contribution in [1.82, 2.24) is 10.4 Å². The molecule has 1 heterocycles. The van der Waals surface area contributed by atoms with Crippen LogP contribution in [0.5, 0.6) is 11.5 Å². The maximum Gasteiger partial charge on any atom is 0.277 e. The van der Waals surface area contributed by atoms with Crippen molar-refractivity contribution in [2.45, 2.75) is 6.92 Å². The first-order valence-electron chi connectivity index (χ1n) is 6.69. The minimum absolute atomic E-state index is 0.112. The number of amides is 1.